The van der Waals surface area contributed by atoms with E-state index < -0.39 is 0 Å². The smallest absolute Gasteiger partial charge is 0.227 e. The molecule has 2 amide bonds. The lowest BCUT2D eigenvalue weighted by Gasteiger charge is -2.26. The van der Waals surface area contributed by atoms with Gasteiger partial charge in [-0.1, -0.05) is 12.1 Å². The van der Waals surface area contributed by atoms with E-state index in [1.54, 1.807) is 17.0 Å². The average molecular weight is 301 g/mol. The Kier molecular flexibility index (Phi) is 5.37. The van der Waals surface area contributed by atoms with E-state index in [-0.39, 0.29) is 30.9 Å². The van der Waals surface area contributed by atoms with Crippen LogP contribution in [-0.2, 0) is 16.0 Å². The fraction of sp³-hybridized carbons (Fsp3) is 0.438. The molecule has 2 rings (SSSR count). The summed E-state index contributed by atoms with van der Waals surface area (Å²) in [6, 6.07) is 8.94. The Bertz CT molecular complexity index is 577. The summed E-state index contributed by atoms with van der Waals surface area (Å²) in [6.07, 6.45) is 0.629. The molecule has 1 heterocycles. The van der Waals surface area contributed by atoms with Crippen LogP contribution in [0.25, 0.3) is 0 Å². The van der Waals surface area contributed by atoms with Crippen molar-refractivity contribution < 1.29 is 14.3 Å². The van der Waals surface area contributed by atoms with Gasteiger partial charge >= 0.3 is 0 Å². The second-order valence-electron chi connectivity index (χ2n) is 5.26. The minimum atomic E-state index is -0.0896. The van der Waals surface area contributed by atoms with Crippen LogP contribution in [-0.4, -0.2) is 42.5 Å². The van der Waals surface area contributed by atoms with Crippen molar-refractivity contribution in [2.75, 3.05) is 19.7 Å². The van der Waals surface area contributed by atoms with Crippen LogP contribution in [0.5, 0.6) is 5.75 Å². The van der Waals surface area contributed by atoms with Crippen molar-refractivity contribution >= 4 is 11.8 Å². The van der Waals surface area contributed by atoms with Crippen molar-refractivity contribution in [1.82, 2.24) is 10.2 Å². The highest BCUT2D eigenvalue weighted by atomic mass is 16.5. The van der Waals surface area contributed by atoms with Gasteiger partial charge in [0.2, 0.25) is 11.8 Å². The Morgan fingerprint density at radius 2 is 2.18 bits per heavy atom. The number of amides is 2. The van der Waals surface area contributed by atoms with Gasteiger partial charge in [0.05, 0.1) is 6.42 Å². The van der Waals surface area contributed by atoms with Gasteiger partial charge in [0.15, 0.2) is 6.61 Å². The Morgan fingerprint density at radius 1 is 1.45 bits per heavy atom. The first kappa shape index (κ1) is 15.8. The quantitative estimate of drug-likeness (QED) is 0.894. The van der Waals surface area contributed by atoms with Crippen LogP contribution in [0.15, 0.2) is 24.3 Å². The van der Waals surface area contributed by atoms with Crippen LogP contribution >= 0.6 is 0 Å². The Hall–Kier alpha value is -2.55. The molecule has 1 saturated heterocycles. The zero-order valence-electron chi connectivity index (χ0n) is 12.5. The average Bonchev–Trinajstić information content (AvgIpc) is 2.67. The van der Waals surface area contributed by atoms with Crippen LogP contribution in [0.1, 0.15) is 18.9 Å². The van der Waals surface area contributed by atoms with Gasteiger partial charge in [-0.15, -0.1) is 0 Å². The second kappa shape index (κ2) is 7.46. The highest BCUT2D eigenvalue weighted by Gasteiger charge is 2.24. The summed E-state index contributed by atoms with van der Waals surface area (Å²) in [5.74, 6) is 0.604. The minimum absolute atomic E-state index is 0.00456. The fourth-order valence-corrected chi connectivity index (χ4v) is 2.45. The van der Waals surface area contributed by atoms with Gasteiger partial charge in [-0.3, -0.25) is 9.59 Å². The molecule has 1 unspecified atom stereocenters. The standard InChI is InChI=1S/C16H19N3O3/c1-12-10-15(20)18-7-8-19(12)16(21)11-13-2-4-14(5-3-13)22-9-6-17/h2-5,12H,7-11H2,1H3,(H,18,20). The summed E-state index contributed by atoms with van der Waals surface area (Å²) in [5, 5.41) is 11.2. The summed E-state index contributed by atoms with van der Waals surface area (Å²) in [6.45, 7) is 2.93. The van der Waals surface area contributed by atoms with E-state index in [4.69, 9.17) is 10.00 Å². The van der Waals surface area contributed by atoms with E-state index in [1.807, 2.05) is 25.1 Å². The number of rotatable bonds is 4. The van der Waals surface area contributed by atoms with Crippen LogP contribution in [0.4, 0.5) is 0 Å². The number of nitrogens with one attached hydrogen (secondary N) is 1. The topological polar surface area (TPSA) is 82.4 Å². The molecule has 0 bridgehead atoms. The molecular formula is C16H19N3O3. The summed E-state index contributed by atoms with van der Waals surface area (Å²) >= 11 is 0. The molecule has 1 aliphatic rings. The zero-order chi connectivity index (χ0) is 15.9. The molecule has 0 aromatic heterocycles. The van der Waals surface area contributed by atoms with Gasteiger partial charge in [0, 0.05) is 25.6 Å². The first-order valence-corrected chi connectivity index (χ1v) is 7.25. The van der Waals surface area contributed by atoms with Crippen LogP contribution in [0.3, 0.4) is 0 Å². The molecule has 1 aromatic carbocycles. The molecule has 0 spiro atoms. The van der Waals surface area contributed by atoms with Crippen molar-refractivity contribution in [2.45, 2.75) is 25.8 Å². The van der Waals surface area contributed by atoms with Gasteiger partial charge in [-0.25, -0.2) is 0 Å². The molecule has 1 fully saturated rings. The van der Waals surface area contributed by atoms with E-state index in [1.165, 1.54) is 0 Å². The summed E-state index contributed by atoms with van der Waals surface area (Å²) < 4.78 is 5.17. The molecule has 0 aliphatic carbocycles. The van der Waals surface area contributed by atoms with E-state index in [0.29, 0.717) is 25.3 Å². The van der Waals surface area contributed by atoms with Crippen molar-refractivity contribution in [3.05, 3.63) is 29.8 Å². The predicted molar refractivity (Wildman–Crippen MR) is 80.1 cm³/mol. The van der Waals surface area contributed by atoms with Gasteiger partial charge < -0.3 is 15.0 Å². The maximum absolute atomic E-state index is 12.4. The van der Waals surface area contributed by atoms with Crippen molar-refractivity contribution in [3.63, 3.8) is 0 Å². The Morgan fingerprint density at radius 3 is 2.86 bits per heavy atom. The van der Waals surface area contributed by atoms with Gasteiger partial charge in [0.1, 0.15) is 11.8 Å². The summed E-state index contributed by atoms with van der Waals surface area (Å²) in [5.41, 5.74) is 0.880. The minimum Gasteiger partial charge on any atom is -0.479 e. The lowest BCUT2D eigenvalue weighted by atomic mass is 10.1. The molecular weight excluding hydrogens is 282 g/mol. The van der Waals surface area contributed by atoms with Gasteiger partial charge in [0.25, 0.3) is 0 Å². The molecule has 22 heavy (non-hydrogen) atoms. The SMILES string of the molecule is CC1CC(=O)NCCN1C(=O)Cc1ccc(OCC#N)cc1. The Balaban J connectivity index is 1.96. The predicted octanol–water partition coefficient (Wildman–Crippen LogP) is 0.868. The number of carbonyl (C=O) groups is 2. The van der Waals surface area contributed by atoms with Gasteiger partial charge in [-0.2, -0.15) is 5.26 Å². The molecule has 6 nitrogen and oxygen atoms in total. The number of nitriles is 1. The van der Waals surface area contributed by atoms with E-state index in [0.717, 1.165) is 5.56 Å². The number of benzene rings is 1. The molecule has 116 valence electrons. The normalized spacial score (nSPS) is 18.1. The maximum Gasteiger partial charge on any atom is 0.227 e. The molecule has 1 atom stereocenters. The first-order valence-electron chi connectivity index (χ1n) is 7.25. The second-order valence-corrected chi connectivity index (χ2v) is 5.26. The van der Waals surface area contributed by atoms with Crippen molar-refractivity contribution in [3.8, 4) is 11.8 Å². The maximum atomic E-state index is 12.4. The fourth-order valence-electron chi connectivity index (χ4n) is 2.45. The largest absolute Gasteiger partial charge is 0.479 e. The lowest BCUT2D eigenvalue weighted by Crippen LogP contribution is -2.40. The van der Waals surface area contributed by atoms with Crippen molar-refractivity contribution in [1.29, 1.82) is 5.26 Å². The van der Waals surface area contributed by atoms with Crippen molar-refractivity contribution in [2.24, 2.45) is 0 Å². The summed E-state index contributed by atoms with van der Waals surface area (Å²) in [4.78, 5) is 25.6. The monoisotopic (exact) mass is 301 g/mol. The third-order valence-corrected chi connectivity index (χ3v) is 3.59. The number of ether oxygens (including phenoxy) is 1. The third kappa shape index (κ3) is 4.22. The van der Waals surface area contributed by atoms with Crippen LogP contribution in [0, 0.1) is 11.3 Å². The number of hydrogen-bond acceptors (Lipinski definition) is 4. The molecule has 1 aromatic rings. The Labute approximate surface area is 129 Å². The molecule has 1 aliphatic heterocycles. The molecule has 6 heteroatoms. The van der Waals surface area contributed by atoms with E-state index in [9.17, 15) is 9.59 Å². The van der Waals surface area contributed by atoms with Crippen LogP contribution in [0.2, 0.25) is 0 Å². The highest BCUT2D eigenvalue weighted by molar-refractivity contribution is 5.82. The molecule has 0 saturated carbocycles. The van der Waals surface area contributed by atoms with Crippen LogP contribution < -0.4 is 10.1 Å². The highest BCUT2D eigenvalue weighted by Crippen LogP contribution is 2.15. The zero-order valence-corrected chi connectivity index (χ0v) is 12.5. The molecule has 0 radical (unpaired) electrons. The third-order valence-electron chi connectivity index (χ3n) is 3.59. The first-order chi connectivity index (χ1) is 10.6. The number of nitrogens with zero attached hydrogens (tertiary/aromatic N) is 2. The molecule has 1 N–H and O–H groups in total. The van der Waals surface area contributed by atoms with Gasteiger partial charge in [-0.05, 0) is 24.6 Å². The lowest BCUT2D eigenvalue weighted by molar-refractivity contribution is -0.132. The number of hydrogen-bond donors (Lipinski definition) is 1. The number of carbonyl (C=O) groups excluding carboxylic acids is 2. The van der Waals surface area contributed by atoms with E-state index >= 15 is 0 Å². The van der Waals surface area contributed by atoms with E-state index in [2.05, 4.69) is 5.32 Å². The summed E-state index contributed by atoms with van der Waals surface area (Å²) in [7, 11) is 0.